The van der Waals surface area contributed by atoms with Gasteiger partial charge in [0.05, 0.1) is 31.2 Å². The number of ether oxygens (including phenoxy) is 2. The fourth-order valence-corrected chi connectivity index (χ4v) is 5.68. The number of likely N-dealkylation sites (tertiary alicyclic amines) is 1. The van der Waals surface area contributed by atoms with Crippen LogP contribution < -0.4 is 5.56 Å². The van der Waals surface area contributed by atoms with E-state index in [2.05, 4.69) is 48.0 Å². The Labute approximate surface area is 179 Å². The third kappa shape index (κ3) is 3.71. The van der Waals surface area contributed by atoms with Crippen molar-refractivity contribution in [2.45, 2.75) is 52.0 Å². The molecular formula is C23H27N3O3S. The lowest BCUT2D eigenvalue weighted by molar-refractivity contribution is -0.111. The van der Waals surface area contributed by atoms with E-state index >= 15 is 0 Å². The summed E-state index contributed by atoms with van der Waals surface area (Å²) in [6, 6.07) is 8.54. The van der Waals surface area contributed by atoms with Crippen LogP contribution in [0.1, 0.15) is 35.5 Å². The molecule has 7 heteroatoms. The average molecular weight is 426 g/mol. The molecule has 2 fully saturated rings. The summed E-state index contributed by atoms with van der Waals surface area (Å²) in [4.78, 5) is 25.3. The molecule has 0 bridgehead atoms. The molecule has 0 saturated carbocycles. The summed E-state index contributed by atoms with van der Waals surface area (Å²) in [6.07, 6.45) is 3.20. The zero-order valence-corrected chi connectivity index (χ0v) is 18.3. The lowest BCUT2D eigenvalue weighted by Crippen LogP contribution is -2.47. The molecule has 6 nitrogen and oxygen atoms in total. The summed E-state index contributed by atoms with van der Waals surface area (Å²) in [7, 11) is 0. The Bertz CT molecular complexity index is 1100. The Morgan fingerprint density at radius 1 is 1.17 bits per heavy atom. The van der Waals surface area contributed by atoms with Crippen molar-refractivity contribution in [3.05, 3.63) is 50.9 Å². The van der Waals surface area contributed by atoms with Gasteiger partial charge in [-0.15, -0.1) is 11.3 Å². The van der Waals surface area contributed by atoms with Crippen LogP contribution in [0, 0.1) is 13.8 Å². The lowest BCUT2D eigenvalue weighted by Gasteiger charge is -2.37. The molecule has 0 radical (unpaired) electrons. The van der Waals surface area contributed by atoms with Crippen LogP contribution in [0.4, 0.5) is 0 Å². The topological polar surface area (TPSA) is 67.5 Å². The average Bonchev–Trinajstić information content (AvgIpc) is 3.37. The molecule has 2 aliphatic rings. The zero-order valence-electron chi connectivity index (χ0n) is 17.4. The highest BCUT2D eigenvalue weighted by atomic mass is 32.1. The fourth-order valence-electron chi connectivity index (χ4n) is 4.62. The molecule has 158 valence electrons. The number of hydrogen-bond acceptors (Lipinski definition) is 6. The van der Waals surface area contributed by atoms with Gasteiger partial charge in [-0.25, -0.2) is 4.98 Å². The van der Waals surface area contributed by atoms with E-state index in [1.54, 1.807) is 11.3 Å². The molecule has 2 aliphatic heterocycles. The predicted octanol–water partition coefficient (Wildman–Crippen LogP) is 4.00. The second-order valence-electron chi connectivity index (χ2n) is 8.24. The van der Waals surface area contributed by atoms with Gasteiger partial charge in [0.2, 0.25) is 0 Å². The van der Waals surface area contributed by atoms with Crippen LogP contribution >= 0.6 is 11.3 Å². The standard InChI is InChI=1S/C23H27N3O3S/c1-14-6-8-16(9-7-14)19-15(2)30-22-20(19)21(27)24-18(25-22)13-26-10-4-3-5-17(26)23-28-11-12-29-23/h6-9,17,23H,3-5,10-13H2,1-2H3,(H,24,25,27). The second kappa shape index (κ2) is 8.23. The maximum absolute atomic E-state index is 13.1. The Morgan fingerprint density at radius 2 is 1.93 bits per heavy atom. The number of hydrogen-bond donors (Lipinski definition) is 1. The molecule has 1 aromatic carbocycles. The highest BCUT2D eigenvalue weighted by Gasteiger charge is 2.34. The quantitative estimate of drug-likeness (QED) is 0.684. The van der Waals surface area contributed by atoms with E-state index in [9.17, 15) is 4.79 Å². The second-order valence-corrected chi connectivity index (χ2v) is 9.44. The minimum absolute atomic E-state index is 0.0585. The molecule has 0 amide bonds. The van der Waals surface area contributed by atoms with Crippen molar-refractivity contribution in [3.63, 3.8) is 0 Å². The number of aromatic amines is 1. The van der Waals surface area contributed by atoms with Crippen LogP contribution in [0.25, 0.3) is 21.3 Å². The minimum Gasteiger partial charge on any atom is -0.349 e. The van der Waals surface area contributed by atoms with Gasteiger partial charge in [-0.3, -0.25) is 9.69 Å². The molecule has 3 aromatic rings. The summed E-state index contributed by atoms with van der Waals surface area (Å²) < 4.78 is 11.6. The van der Waals surface area contributed by atoms with Crippen molar-refractivity contribution in [2.24, 2.45) is 0 Å². The first-order chi connectivity index (χ1) is 14.6. The number of aromatic nitrogens is 2. The number of H-pyrrole nitrogens is 1. The summed E-state index contributed by atoms with van der Waals surface area (Å²) in [6.45, 7) is 7.02. The molecule has 1 N–H and O–H groups in total. The van der Waals surface area contributed by atoms with E-state index in [0.29, 0.717) is 31.0 Å². The number of nitrogens with one attached hydrogen (secondary N) is 1. The van der Waals surface area contributed by atoms with E-state index in [-0.39, 0.29) is 17.9 Å². The third-order valence-corrected chi connectivity index (χ3v) is 7.11. The van der Waals surface area contributed by atoms with Crippen molar-refractivity contribution in [2.75, 3.05) is 19.8 Å². The first-order valence-electron chi connectivity index (χ1n) is 10.7. The van der Waals surface area contributed by atoms with Gasteiger partial charge in [0.1, 0.15) is 10.7 Å². The summed E-state index contributed by atoms with van der Waals surface area (Å²) in [5.41, 5.74) is 3.21. The molecular weight excluding hydrogens is 398 g/mol. The Kier molecular flexibility index (Phi) is 5.45. The molecule has 0 spiro atoms. The van der Waals surface area contributed by atoms with Crippen molar-refractivity contribution < 1.29 is 9.47 Å². The van der Waals surface area contributed by atoms with E-state index in [1.165, 1.54) is 12.0 Å². The van der Waals surface area contributed by atoms with Gasteiger partial charge in [0, 0.05) is 10.4 Å². The van der Waals surface area contributed by atoms with Crippen molar-refractivity contribution in [1.29, 1.82) is 0 Å². The van der Waals surface area contributed by atoms with Crippen LogP contribution in [-0.2, 0) is 16.0 Å². The van der Waals surface area contributed by atoms with E-state index in [1.807, 2.05) is 0 Å². The molecule has 30 heavy (non-hydrogen) atoms. The number of nitrogens with zero attached hydrogens (tertiary/aromatic N) is 2. The Hall–Kier alpha value is -2.06. The highest BCUT2D eigenvalue weighted by molar-refractivity contribution is 7.19. The predicted molar refractivity (Wildman–Crippen MR) is 119 cm³/mol. The summed E-state index contributed by atoms with van der Waals surface area (Å²) in [5.74, 6) is 0.717. The van der Waals surface area contributed by atoms with Gasteiger partial charge in [-0.1, -0.05) is 36.2 Å². The van der Waals surface area contributed by atoms with Crippen LogP contribution in [0.5, 0.6) is 0 Å². The van der Waals surface area contributed by atoms with E-state index < -0.39 is 0 Å². The largest absolute Gasteiger partial charge is 0.349 e. The molecule has 2 saturated heterocycles. The molecule has 0 aliphatic carbocycles. The van der Waals surface area contributed by atoms with E-state index in [4.69, 9.17) is 14.5 Å². The Morgan fingerprint density at radius 3 is 2.70 bits per heavy atom. The van der Waals surface area contributed by atoms with Crippen molar-refractivity contribution in [3.8, 4) is 11.1 Å². The van der Waals surface area contributed by atoms with Crippen LogP contribution in [0.2, 0.25) is 0 Å². The molecule has 1 unspecified atom stereocenters. The molecule has 2 aromatic heterocycles. The van der Waals surface area contributed by atoms with Gasteiger partial charge < -0.3 is 14.5 Å². The van der Waals surface area contributed by atoms with Gasteiger partial charge in [0.15, 0.2) is 6.29 Å². The maximum atomic E-state index is 13.1. The highest BCUT2D eigenvalue weighted by Crippen LogP contribution is 2.35. The number of rotatable bonds is 4. The SMILES string of the molecule is Cc1ccc(-c2c(C)sc3nc(CN4CCCCC4C4OCCO4)[nH]c(=O)c23)cc1. The third-order valence-electron chi connectivity index (χ3n) is 6.11. The van der Waals surface area contributed by atoms with Crippen molar-refractivity contribution >= 4 is 21.6 Å². The summed E-state index contributed by atoms with van der Waals surface area (Å²) in [5, 5.41) is 0.697. The van der Waals surface area contributed by atoms with Crippen molar-refractivity contribution in [1.82, 2.24) is 14.9 Å². The monoisotopic (exact) mass is 425 g/mol. The summed E-state index contributed by atoms with van der Waals surface area (Å²) >= 11 is 1.60. The van der Waals surface area contributed by atoms with Crippen LogP contribution in [0.15, 0.2) is 29.1 Å². The van der Waals surface area contributed by atoms with Gasteiger partial charge >= 0.3 is 0 Å². The zero-order chi connectivity index (χ0) is 20.7. The van der Waals surface area contributed by atoms with Gasteiger partial charge in [-0.2, -0.15) is 0 Å². The fraction of sp³-hybridized carbons (Fsp3) is 0.478. The maximum Gasteiger partial charge on any atom is 0.260 e. The normalized spacial score (nSPS) is 20.9. The first kappa shape index (κ1) is 19.9. The minimum atomic E-state index is -0.169. The molecule has 1 atom stereocenters. The Balaban J connectivity index is 1.48. The van der Waals surface area contributed by atoms with Crippen LogP contribution in [-0.4, -0.2) is 47.0 Å². The number of benzene rings is 1. The number of piperidine rings is 1. The molecule has 4 heterocycles. The number of thiophene rings is 1. The van der Waals surface area contributed by atoms with Crippen LogP contribution in [0.3, 0.4) is 0 Å². The molecule has 5 rings (SSSR count). The van der Waals surface area contributed by atoms with Gasteiger partial charge in [0.25, 0.3) is 5.56 Å². The lowest BCUT2D eigenvalue weighted by atomic mass is 10.0. The van der Waals surface area contributed by atoms with Gasteiger partial charge in [-0.05, 0) is 38.8 Å². The van der Waals surface area contributed by atoms with E-state index in [0.717, 1.165) is 40.2 Å². The smallest absolute Gasteiger partial charge is 0.260 e. The first-order valence-corrected chi connectivity index (χ1v) is 11.5. The number of aryl methyl sites for hydroxylation is 2. The number of fused-ring (bicyclic) bond motifs is 1.